The molecule has 2 aliphatic rings. The van der Waals surface area contributed by atoms with Crippen LogP contribution < -0.4 is 5.56 Å². The zero-order valence-corrected chi connectivity index (χ0v) is 28.9. The number of aromatic nitrogens is 3. The number of benzene rings is 2. The highest BCUT2D eigenvalue weighted by molar-refractivity contribution is 6.06. The number of rotatable bonds is 9. The van der Waals surface area contributed by atoms with Gasteiger partial charge in [-0.15, -0.1) is 0 Å². The van der Waals surface area contributed by atoms with Gasteiger partial charge in [-0.05, 0) is 80.7 Å². The van der Waals surface area contributed by atoms with Gasteiger partial charge < -0.3 is 9.80 Å². The van der Waals surface area contributed by atoms with Gasteiger partial charge in [0.15, 0.2) is 0 Å². The second-order valence-electron chi connectivity index (χ2n) is 13.4. The molecule has 51 heavy (non-hydrogen) atoms. The van der Waals surface area contributed by atoms with Crippen molar-refractivity contribution < 1.29 is 18.0 Å². The van der Waals surface area contributed by atoms with Crippen molar-refractivity contribution in [1.82, 2.24) is 29.2 Å². The van der Waals surface area contributed by atoms with Crippen molar-refractivity contribution in [3.05, 3.63) is 101 Å². The highest BCUT2D eigenvalue weighted by Crippen LogP contribution is 2.40. The summed E-state index contributed by atoms with van der Waals surface area (Å²) in [6.07, 6.45) is 2.23. The van der Waals surface area contributed by atoms with Gasteiger partial charge in [0.25, 0.3) is 5.56 Å². The number of carbonyl (C=O) groups excluding carboxylic acids is 1. The Hall–Kier alpha value is -5.03. The average molecular weight is 695 g/mol. The molecule has 0 unspecified atom stereocenters. The van der Waals surface area contributed by atoms with Crippen molar-refractivity contribution in [2.75, 3.05) is 45.8 Å². The molecule has 4 heterocycles. The Kier molecular flexibility index (Phi) is 9.65. The molecule has 0 N–H and O–H groups in total. The Morgan fingerprint density at radius 1 is 0.824 bits per heavy atom. The number of halogens is 3. The maximum atomic E-state index is 14.8. The molecule has 1 aliphatic heterocycles. The lowest BCUT2D eigenvalue weighted by atomic mass is 9.97. The molecular weight excluding hydrogens is 653 g/mol. The number of fused-ring (bicyclic) bond motifs is 4. The minimum Gasteiger partial charge on any atom is -0.371 e. The maximum absolute atomic E-state index is 14.8. The van der Waals surface area contributed by atoms with Crippen LogP contribution in [-0.2, 0) is 4.79 Å². The van der Waals surface area contributed by atoms with Crippen molar-refractivity contribution in [1.29, 1.82) is 0 Å². The maximum Gasteiger partial charge on any atom is 0.418 e. The minimum absolute atomic E-state index is 0.0180. The molecule has 3 aromatic heterocycles. The number of amides is 1. The van der Waals surface area contributed by atoms with Crippen molar-refractivity contribution in [3.63, 3.8) is 0 Å². The molecule has 264 valence electrons. The van der Waals surface area contributed by atoms with Crippen LogP contribution in [0.5, 0.6) is 0 Å². The van der Waals surface area contributed by atoms with E-state index in [0.29, 0.717) is 54.5 Å². The Morgan fingerprint density at radius 3 is 2.31 bits per heavy atom. The van der Waals surface area contributed by atoms with E-state index in [-0.39, 0.29) is 30.1 Å². The van der Waals surface area contributed by atoms with E-state index in [9.17, 15) is 22.8 Å². The molecule has 8 nitrogen and oxygen atoms in total. The molecule has 5 aromatic rings. The zero-order valence-electron chi connectivity index (χ0n) is 28.9. The number of hydrogen-bond acceptors (Lipinski definition) is 6. The Labute approximate surface area is 294 Å². The molecule has 0 bridgehead atoms. The number of hydrogen-bond donors (Lipinski definition) is 0. The van der Waals surface area contributed by atoms with Crippen LogP contribution in [0.1, 0.15) is 39.5 Å². The molecule has 1 amide bonds. The quantitative estimate of drug-likeness (QED) is 0.149. The third-order valence-electron chi connectivity index (χ3n) is 9.93. The summed E-state index contributed by atoms with van der Waals surface area (Å²) < 4.78 is 46.0. The standard InChI is InChI=1S/C40H41F3N6O2/c1-3-15-46(16-4-2)26-38(51)48-19-17-47(18-20-48)36-13-11-31(23-33(36)40(41,42)43)49-37(50)14-10-29-24-45-35-12-9-27(22-32(35)39(29)49)30-21-28-7-5-6-8-34(28)44-25-30/h5-10,12,14,21-25H,3-4,11,13,15-20,26H2,1-2H3. The average Bonchev–Trinajstić information content (AvgIpc) is 3.14. The number of para-hydroxylation sites is 1. The van der Waals surface area contributed by atoms with E-state index in [1.165, 1.54) is 10.6 Å². The SMILES string of the molecule is CCCN(CCC)CC(=O)N1CCN(C2=C(C(F)(F)F)C=C(n3c(=O)ccc4cnc5ccc(-c6cnc7ccccc7c6)cc5c43)CC2)CC1. The molecule has 2 aromatic carbocycles. The molecule has 0 saturated carbocycles. The fourth-order valence-electron chi connectivity index (χ4n) is 7.48. The minimum atomic E-state index is -4.64. The summed E-state index contributed by atoms with van der Waals surface area (Å²) in [5, 5.41) is 2.30. The lowest BCUT2D eigenvalue weighted by molar-refractivity contribution is -0.134. The highest BCUT2D eigenvalue weighted by Gasteiger charge is 2.39. The predicted octanol–water partition coefficient (Wildman–Crippen LogP) is 7.48. The van der Waals surface area contributed by atoms with E-state index >= 15 is 0 Å². The predicted molar refractivity (Wildman–Crippen MR) is 196 cm³/mol. The second-order valence-corrected chi connectivity index (χ2v) is 13.4. The molecule has 1 fully saturated rings. The van der Waals surface area contributed by atoms with Crippen molar-refractivity contribution in [2.24, 2.45) is 0 Å². The summed E-state index contributed by atoms with van der Waals surface area (Å²) in [5.41, 5.74) is 3.10. The van der Waals surface area contributed by atoms with E-state index in [2.05, 4.69) is 28.7 Å². The smallest absolute Gasteiger partial charge is 0.371 e. The first-order chi connectivity index (χ1) is 24.6. The normalized spacial score (nSPS) is 15.8. The van der Waals surface area contributed by atoms with E-state index in [0.717, 1.165) is 54.0 Å². The molecule has 0 spiro atoms. The summed E-state index contributed by atoms with van der Waals surface area (Å²) in [5.74, 6) is 0.0180. The number of carbonyl (C=O) groups is 1. The molecule has 1 saturated heterocycles. The van der Waals surface area contributed by atoms with Crippen LogP contribution in [0.2, 0.25) is 0 Å². The van der Waals surface area contributed by atoms with Gasteiger partial charge in [-0.3, -0.25) is 29.0 Å². The van der Waals surface area contributed by atoms with Crippen molar-refractivity contribution >= 4 is 44.3 Å². The van der Waals surface area contributed by atoms with Gasteiger partial charge >= 0.3 is 6.18 Å². The second kappa shape index (κ2) is 14.3. The Bertz CT molecular complexity index is 2230. The topological polar surface area (TPSA) is 74.6 Å². The van der Waals surface area contributed by atoms with Crippen molar-refractivity contribution in [3.8, 4) is 11.1 Å². The van der Waals surface area contributed by atoms with Gasteiger partial charge in [-0.1, -0.05) is 38.1 Å². The van der Waals surface area contributed by atoms with E-state index in [1.807, 2.05) is 48.5 Å². The summed E-state index contributed by atoms with van der Waals surface area (Å²) in [6, 6.07) is 18.7. The fraction of sp³-hybridized carbons (Fsp3) is 0.350. The number of nitrogens with zero attached hydrogens (tertiary/aromatic N) is 6. The summed E-state index contributed by atoms with van der Waals surface area (Å²) in [6.45, 7) is 7.55. The lowest BCUT2D eigenvalue weighted by Crippen LogP contribution is -2.51. The van der Waals surface area contributed by atoms with E-state index < -0.39 is 17.3 Å². The summed E-state index contributed by atoms with van der Waals surface area (Å²) in [7, 11) is 0. The van der Waals surface area contributed by atoms with Gasteiger partial charge in [0.2, 0.25) is 5.91 Å². The molecule has 0 radical (unpaired) electrons. The van der Waals surface area contributed by atoms with E-state index in [4.69, 9.17) is 0 Å². The van der Waals surface area contributed by atoms with Crippen LogP contribution in [0.15, 0.2) is 95.2 Å². The highest BCUT2D eigenvalue weighted by atomic mass is 19.4. The molecule has 0 atom stereocenters. The molecule has 1 aliphatic carbocycles. The largest absolute Gasteiger partial charge is 0.418 e. The first-order valence-corrected chi connectivity index (χ1v) is 17.7. The summed E-state index contributed by atoms with van der Waals surface area (Å²) in [4.78, 5) is 41.6. The fourth-order valence-corrected chi connectivity index (χ4v) is 7.48. The van der Waals surface area contributed by atoms with Crippen LogP contribution in [0.3, 0.4) is 0 Å². The van der Waals surface area contributed by atoms with Crippen LogP contribution in [0.25, 0.3) is 49.5 Å². The van der Waals surface area contributed by atoms with Crippen LogP contribution in [0.4, 0.5) is 13.2 Å². The number of pyridine rings is 3. The number of piperazine rings is 1. The first kappa shape index (κ1) is 34.4. The first-order valence-electron chi connectivity index (χ1n) is 17.7. The molecular formula is C40H41F3N6O2. The van der Waals surface area contributed by atoms with Gasteiger partial charge in [0, 0.05) is 77.8 Å². The third kappa shape index (κ3) is 6.99. The number of alkyl halides is 3. The van der Waals surface area contributed by atoms with Crippen molar-refractivity contribution in [2.45, 2.75) is 45.7 Å². The van der Waals surface area contributed by atoms with E-state index in [1.54, 1.807) is 28.3 Å². The number of allylic oxidation sites excluding steroid dienone is 4. The van der Waals surface area contributed by atoms with Crippen LogP contribution >= 0.6 is 0 Å². The third-order valence-corrected chi connectivity index (χ3v) is 9.93. The van der Waals surface area contributed by atoms with Gasteiger partial charge in [0.05, 0.1) is 28.7 Å². The van der Waals surface area contributed by atoms with Gasteiger partial charge in [-0.25, -0.2) is 0 Å². The zero-order chi connectivity index (χ0) is 35.7. The molecule has 7 rings (SSSR count). The summed E-state index contributed by atoms with van der Waals surface area (Å²) >= 11 is 0. The monoisotopic (exact) mass is 694 g/mol. The lowest BCUT2D eigenvalue weighted by Gasteiger charge is -2.40. The van der Waals surface area contributed by atoms with Gasteiger partial charge in [0.1, 0.15) is 0 Å². The Balaban J connectivity index is 1.24. The van der Waals surface area contributed by atoms with Gasteiger partial charge in [-0.2, -0.15) is 13.2 Å². The molecule has 11 heteroatoms. The van der Waals surface area contributed by atoms with Crippen LogP contribution in [-0.4, -0.2) is 87.1 Å². The van der Waals surface area contributed by atoms with Crippen LogP contribution in [0, 0.1) is 0 Å². The Morgan fingerprint density at radius 2 is 1.57 bits per heavy atom.